The summed E-state index contributed by atoms with van der Waals surface area (Å²) in [5, 5.41) is 29.2. The summed E-state index contributed by atoms with van der Waals surface area (Å²) in [6.07, 6.45) is 0.680. The van der Waals surface area contributed by atoms with Crippen molar-refractivity contribution in [3.05, 3.63) is 11.9 Å². The Morgan fingerprint density at radius 3 is 2.29 bits per heavy atom. The van der Waals surface area contributed by atoms with Crippen LogP contribution in [0.4, 0.5) is 0 Å². The van der Waals surface area contributed by atoms with Gasteiger partial charge in [0.25, 0.3) is 0 Å². The Bertz CT molecular complexity index is 424. The predicted molar refractivity (Wildman–Crippen MR) is 73.5 cm³/mol. The molecule has 0 radical (unpaired) electrons. The highest BCUT2D eigenvalue weighted by molar-refractivity contribution is 7.80. The van der Waals surface area contributed by atoms with Crippen LogP contribution in [0.5, 0.6) is 0 Å². The van der Waals surface area contributed by atoms with Crippen molar-refractivity contribution in [3.63, 3.8) is 0 Å². The standard InChI is InChI=1S/C9H12N2O3S3/c1-3-10-4-5(7(12)15)11(2,9(14)17)6(10)8(13)16/h4,6H,3H2,1-2H3,(H2-,12,13,14,15,16,17). The molecular formula is C9H12N2O3S3. The maximum Gasteiger partial charge on any atom is 0.246 e. The molecule has 1 heterocycles. The van der Waals surface area contributed by atoms with Crippen LogP contribution < -0.4 is 5.11 Å². The molecule has 17 heavy (non-hydrogen) atoms. The zero-order valence-electron chi connectivity index (χ0n) is 9.28. The molecule has 0 spiro atoms. The molecule has 0 amide bonds. The van der Waals surface area contributed by atoms with Crippen LogP contribution in [-0.4, -0.2) is 54.6 Å². The topological polar surface area (TPSA) is 66.8 Å². The molecule has 0 bridgehead atoms. The lowest BCUT2D eigenvalue weighted by Crippen LogP contribution is -2.63. The molecule has 1 rings (SSSR count). The molecule has 5 nitrogen and oxygen atoms in total. The summed E-state index contributed by atoms with van der Waals surface area (Å²) in [6, 6.07) is 0. The van der Waals surface area contributed by atoms with E-state index in [0.717, 1.165) is 0 Å². The number of rotatable bonds is 3. The summed E-state index contributed by atoms with van der Waals surface area (Å²) >= 11 is 14.1. The Morgan fingerprint density at radius 2 is 2.00 bits per heavy atom. The van der Waals surface area contributed by atoms with E-state index >= 15 is 0 Å². The van der Waals surface area contributed by atoms with Gasteiger partial charge in [0.1, 0.15) is 5.17 Å². The normalized spacial score (nSPS) is 27.8. The quantitative estimate of drug-likeness (QED) is 0.575. The van der Waals surface area contributed by atoms with Gasteiger partial charge >= 0.3 is 0 Å². The number of thiocarbonyl (C=S) groups is 3. The van der Waals surface area contributed by atoms with E-state index < -0.39 is 20.9 Å². The minimum atomic E-state index is -0.819. The summed E-state index contributed by atoms with van der Waals surface area (Å²) in [4.78, 5) is 1.62. The lowest BCUT2D eigenvalue weighted by molar-refractivity contribution is -0.821. The predicted octanol–water partition coefficient (Wildman–Crippen LogP) is 0.352. The van der Waals surface area contributed by atoms with Crippen molar-refractivity contribution < 1.29 is 19.8 Å². The average molecular weight is 292 g/mol. The molecule has 1 aliphatic rings. The first-order valence-electron chi connectivity index (χ1n) is 4.78. The molecular weight excluding hydrogens is 280 g/mol. The van der Waals surface area contributed by atoms with Gasteiger partial charge in [-0.25, -0.2) is 4.48 Å². The van der Waals surface area contributed by atoms with Gasteiger partial charge in [-0.2, -0.15) is 0 Å². The summed E-state index contributed by atoms with van der Waals surface area (Å²) in [7, 11) is 1.46. The molecule has 8 heteroatoms. The Morgan fingerprint density at radius 1 is 1.47 bits per heavy atom. The minimum absolute atomic E-state index is 0.170. The number of hydrogen-bond acceptors (Lipinski definition) is 5. The molecule has 2 atom stereocenters. The molecule has 0 saturated carbocycles. The SMILES string of the molecule is CCN1C=C(C(O)=S)[N+](C)(C([O-])=S)C1C(O)=S. The Labute approximate surface area is 115 Å². The molecule has 94 valence electrons. The van der Waals surface area contributed by atoms with Crippen molar-refractivity contribution in [2.24, 2.45) is 0 Å². The maximum atomic E-state index is 11.6. The highest BCUT2D eigenvalue weighted by Crippen LogP contribution is 2.31. The third-order valence-electron chi connectivity index (χ3n) is 2.78. The number of aliphatic hydroxyl groups is 2. The summed E-state index contributed by atoms with van der Waals surface area (Å²) in [5.74, 6) is 0. The highest BCUT2D eigenvalue weighted by Gasteiger charge is 2.50. The summed E-state index contributed by atoms with van der Waals surface area (Å²) < 4.78 is -0.520. The monoisotopic (exact) mass is 292 g/mol. The van der Waals surface area contributed by atoms with E-state index in [1.807, 2.05) is 6.92 Å². The lowest BCUT2D eigenvalue weighted by Gasteiger charge is -2.39. The van der Waals surface area contributed by atoms with Gasteiger partial charge in [0.15, 0.2) is 0 Å². The van der Waals surface area contributed by atoms with Crippen molar-refractivity contribution in [1.82, 2.24) is 4.90 Å². The fourth-order valence-electron chi connectivity index (χ4n) is 1.86. The van der Waals surface area contributed by atoms with Crippen molar-refractivity contribution in [2.75, 3.05) is 13.6 Å². The van der Waals surface area contributed by atoms with Crippen LogP contribution in [-0.2, 0) is 0 Å². The zero-order valence-corrected chi connectivity index (χ0v) is 11.7. The third-order valence-corrected chi connectivity index (χ3v) is 3.58. The first kappa shape index (κ1) is 14.2. The van der Waals surface area contributed by atoms with E-state index in [4.69, 9.17) is 12.2 Å². The largest absolute Gasteiger partial charge is 0.822 e. The van der Waals surface area contributed by atoms with Crippen LogP contribution in [0.3, 0.4) is 0 Å². The Balaban J connectivity index is 3.37. The van der Waals surface area contributed by atoms with Crippen molar-refractivity contribution in [1.29, 1.82) is 0 Å². The lowest BCUT2D eigenvalue weighted by atomic mass is 10.3. The van der Waals surface area contributed by atoms with Crippen LogP contribution in [0.2, 0.25) is 0 Å². The van der Waals surface area contributed by atoms with Crippen LogP contribution in [0, 0.1) is 0 Å². The number of likely N-dealkylation sites (N-methyl/N-ethyl adjacent to an activating group) is 2. The molecule has 0 saturated heterocycles. The van der Waals surface area contributed by atoms with E-state index in [9.17, 15) is 15.3 Å². The average Bonchev–Trinajstić information content (AvgIpc) is 2.52. The molecule has 0 fully saturated rings. The van der Waals surface area contributed by atoms with E-state index in [1.54, 1.807) is 4.90 Å². The first-order chi connectivity index (χ1) is 7.76. The fourth-order valence-corrected chi connectivity index (χ4v) is 2.64. The van der Waals surface area contributed by atoms with Gasteiger partial charge in [-0.15, -0.1) is 0 Å². The molecule has 0 aliphatic carbocycles. The Kier molecular flexibility index (Phi) is 4.03. The van der Waals surface area contributed by atoms with Crippen LogP contribution in [0.1, 0.15) is 6.92 Å². The second-order valence-electron chi connectivity index (χ2n) is 3.70. The number of aliphatic hydroxyl groups excluding tert-OH is 2. The van der Waals surface area contributed by atoms with Gasteiger partial charge in [0.05, 0.1) is 13.2 Å². The Hall–Kier alpha value is -0.830. The van der Waals surface area contributed by atoms with Gasteiger partial charge in [0.2, 0.25) is 22.0 Å². The van der Waals surface area contributed by atoms with Crippen LogP contribution in [0.25, 0.3) is 0 Å². The van der Waals surface area contributed by atoms with Gasteiger partial charge in [-0.3, -0.25) is 0 Å². The number of nitrogens with zero attached hydrogens (tertiary/aromatic N) is 2. The number of hydrogen-bond donors (Lipinski definition) is 2. The van der Waals surface area contributed by atoms with Crippen LogP contribution >= 0.6 is 36.7 Å². The molecule has 0 aromatic heterocycles. The highest BCUT2D eigenvalue weighted by atomic mass is 32.1. The minimum Gasteiger partial charge on any atom is -0.822 e. The first-order valence-corrected chi connectivity index (χ1v) is 6.01. The van der Waals surface area contributed by atoms with Crippen molar-refractivity contribution >= 4 is 51.9 Å². The van der Waals surface area contributed by atoms with Gasteiger partial charge in [-0.1, -0.05) is 0 Å². The summed E-state index contributed by atoms with van der Waals surface area (Å²) in [6.45, 7) is 2.32. The van der Waals surface area contributed by atoms with Crippen molar-refractivity contribution in [3.8, 4) is 0 Å². The van der Waals surface area contributed by atoms with E-state index in [1.165, 1.54) is 13.2 Å². The van der Waals surface area contributed by atoms with Gasteiger partial charge in [-0.05, 0) is 43.6 Å². The summed E-state index contributed by atoms with van der Waals surface area (Å²) in [5.41, 5.74) is 0.170. The van der Waals surface area contributed by atoms with E-state index in [-0.39, 0.29) is 10.7 Å². The fraction of sp³-hybridized carbons (Fsp3) is 0.444. The van der Waals surface area contributed by atoms with Gasteiger partial charge in [0, 0.05) is 6.54 Å². The van der Waals surface area contributed by atoms with Gasteiger partial charge < -0.3 is 20.2 Å². The second kappa shape index (κ2) is 4.81. The molecule has 0 aromatic carbocycles. The van der Waals surface area contributed by atoms with E-state index in [0.29, 0.717) is 6.54 Å². The molecule has 0 aromatic rings. The third kappa shape index (κ3) is 2.13. The number of quaternary nitrogens is 1. The molecule has 2 N–H and O–H groups in total. The van der Waals surface area contributed by atoms with Crippen LogP contribution in [0.15, 0.2) is 11.9 Å². The smallest absolute Gasteiger partial charge is 0.246 e. The van der Waals surface area contributed by atoms with E-state index in [2.05, 4.69) is 24.4 Å². The van der Waals surface area contributed by atoms with Crippen molar-refractivity contribution in [2.45, 2.75) is 13.1 Å². The molecule has 2 unspecified atom stereocenters. The molecule has 1 aliphatic heterocycles. The maximum absolute atomic E-state index is 11.6. The second-order valence-corrected chi connectivity index (χ2v) is 4.86. The zero-order chi connectivity index (χ0) is 13.4.